The summed E-state index contributed by atoms with van der Waals surface area (Å²) in [6.45, 7) is 2.02. The maximum absolute atomic E-state index is 13.9. The molecule has 3 aromatic rings. The normalized spacial score (nSPS) is 12.8. The van der Waals surface area contributed by atoms with Crippen LogP contribution in [0.25, 0.3) is 0 Å². The lowest BCUT2D eigenvalue weighted by Gasteiger charge is -2.25. The van der Waals surface area contributed by atoms with E-state index >= 15 is 0 Å². The first kappa shape index (κ1) is 17.0. The molecule has 24 heavy (non-hydrogen) atoms. The van der Waals surface area contributed by atoms with Crippen molar-refractivity contribution in [3.63, 3.8) is 0 Å². The number of halogens is 1. The van der Waals surface area contributed by atoms with Crippen LogP contribution in [0, 0.1) is 0 Å². The molecule has 0 amide bonds. The minimum absolute atomic E-state index is 0.0755. The second-order valence-electron chi connectivity index (χ2n) is 5.68. The highest BCUT2D eigenvalue weighted by Gasteiger charge is 2.28. The lowest BCUT2D eigenvalue weighted by atomic mass is 10.1. The van der Waals surface area contributed by atoms with Gasteiger partial charge in [-0.1, -0.05) is 60.1 Å². The van der Waals surface area contributed by atoms with Gasteiger partial charge in [0.25, 0.3) is 0 Å². The van der Waals surface area contributed by atoms with Crippen molar-refractivity contribution in [2.24, 2.45) is 0 Å². The van der Waals surface area contributed by atoms with E-state index in [0.717, 1.165) is 16.2 Å². The Morgan fingerprint density at radius 3 is 1.71 bits per heavy atom. The number of nitrogens with one attached hydrogen (secondary N) is 1. The molecule has 0 saturated carbocycles. The summed E-state index contributed by atoms with van der Waals surface area (Å²) in [5, 5.41) is 5.67. The molecule has 3 aromatic carbocycles. The maximum Gasteiger partial charge on any atom is 0.205 e. The van der Waals surface area contributed by atoms with Gasteiger partial charge in [-0.15, -0.1) is 0 Å². The van der Waals surface area contributed by atoms with E-state index in [1.807, 2.05) is 91.9 Å². The van der Waals surface area contributed by atoms with Crippen LogP contribution in [0.15, 0.2) is 84.9 Å². The molecule has 1 unspecified atom stereocenters. The standard InChI is InChI=1S/C20H19ClNOP/c1-16(17-12-14-18(21)15-13-17)22-24(23,19-8-4-2-5-9-19)20-10-6-3-7-11-20/h2-16H,1H3,(H,22,23). The lowest BCUT2D eigenvalue weighted by molar-refractivity contribution is 0.568. The molecule has 2 nitrogen and oxygen atoms in total. The van der Waals surface area contributed by atoms with E-state index in [4.69, 9.17) is 11.6 Å². The monoisotopic (exact) mass is 355 g/mol. The smallest absolute Gasteiger partial charge is 0.205 e. The molecule has 0 aliphatic carbocycles. The van der Waals surface area contributed by atoms with Gasteiger partial charge in [0.05, 0.1) is 0 Å². The first-order valence-corrected chi connectivity index (χ1v) is 9.92. The fraction of sp³-hybridized carbons (Fsp3) is 0.100. The Balaban J connectivity index is 2.00. The van der Waals surface area contributed by atoms with Crippen LogP contribution in [0.2, 0.25) is 5.02 Å². The number of hydrogen-bond donors (Lipinski definition) is 1. The van der Waals surface area contributed by atoms with Crippen molar-refractivity contribution in [1.29, 1.82) is 0 Å². The molecule has 0 fully saturated rings. The van der Waals surface area contributed by atoms with E-state index in [2.05, 4.69) is 5.09 Å². The highest BCUT2D eigenvalue weighted by atomic mass is 35.5. The van der Waals surface area contributed by atoms with E-state index in [-0.39, 0.29) is 6.04 Å². The summed E-state index contributed by atoms with van der Waals surface area (Å²) in [4.78, 5) is 0. The maximum atomic E-state index is 13.9. The fourth-order valence-electron chi connectivity index (χ4n) is 2.67. The van der Waals surface area contributed by atoms with Crippen LogP contribution in [-0.4, -0.2) is 0 Å². The molecule has 0 bridgehead atoms. The van der Waals surface area contributed by atoms with Crippen LogP contribution >= 0.6 is 18.9 Å². The molecule has 1 atom stereocenters. The van der Waals surface area contributed by atoms with Gasteiger partial charge < -0.3 is 0 Å². The van der Waals surface area contributed by atoms with Gasteiger partial charge in [0.15, 0.2) is 0 Å². The van der Waals surface area contributed by atoms with Gasteiger partial charge in [-0.2, -0.15) is 0 Å². The fourth-order valence-corrected chi connectivity index (χ4v) is 5.27. The molecule has 3 rings (SSSR count). The molecule has 4 heteroatoms. The molecule has 0 saturated heterocycles. The summed E-state index contributed by atoms with van der Waals surface area (Å²) >= 11 is 5.97. The zero-order valence-corrected chi connectivity index (χ0v) is 15.0. The predicted octanol–water partition coefficient (Wildman–Crippen LogP) is 4.92. The van der Waals surface area contributed by atoms with Crippen molar-refractivity contribution in [2.45, 2.75) is 13.0 Å². The van der Waals surface area contributed by atoms with Gasteiger partial charge in [0.2, 0.25) is 7.29 Å². The summed E-state index contributed by atoms with van der Waals surface area (Å²) in [6.07, 6.45) is 0. The second kappa shape index (κ2) is 7.36. The van der Waals surface area contributed by atoms with Crippen LogP contribution in [0.1, 0.15) is 18.5 Å². The van der Waals surface area contributed by atoms with Crippen molar-refractivity contribution < 1.29 is 4.57 Å². The lowest BCUT2D eigenvalue weighted by Crippen LogP contribution is -2.29. The van der Waals surface area contributed by atoms with Gasteiger partial charge in [0, 0.05) is 21.7 Å². The van der Waals surface area contributed by atoms with E-state index < -0.39 is 7.29 Å². The average Bonchev–Trinajstić information content (AvgIpc) is 2.63. The van der Waals surface area contributed by atoms with Crippen LogP contribution in [-0.2, 0) is 4.57 Å². The van der Waals surface area contributed by atoms with E-state index in [9.17, 15) is 4.57 Å². The van der Waals surface area contributed by atoms with E-state index in [0.29, 0.717) is 5.02 Å². The van der Waals surface area contributed by atoms with Crippen LogP contribution in [0.4, 0.5) is 0 Å². The van der Waals surface area contributed by atoms with E-state index in [1.54, 1.807) is 0 Å². The molecule has 0 aliphatic heterocycles. The predicted molar refractivity (Wildman–Crippen MR) is 103 cm³/mol. The number of hydrogen-bond acceptors (Lipinski definition) is 1. The van der Waals surface area contributed by atoms with Crippen molar-refractivity contribution in [3.05, 3.63) is 95.5 Å². The summed E-state index contributed by atoms with van der Waals surface area (Å²) < 4.78 is 13.9. The van der Waals surface area contributed by atoms with Crippen LogP contribution < -0.4 is 15.7 Å². The highest BCUT2D eigenvalue weighted by molar-refractivity contribution is 7.76. The quantitative estimate of drug-likeness (QED) is 0.658. The molecular formula is C20H19ClNOP. The Kier molecular flexibility index (Phi) is 5.20. The Morgan fingerprint density at radius 2 is 1.25 bits per heavy atom. The minimum Gasteiger partial charge on any atom is -0.297 e. The molecule has 1 N–H and O–H groups in total. The summed E-state index contributed by atoms with van der Waals surface area (Å²) in [5.41, 5.74) is 1.05. The van der Waals surface area contributed by atoms with Crippen molar-refractivity contribution in [1.82, 2.24) is 5.09 Å². The minimum atomic E-state index is -2.94. The SMILES string of the molecule is CC(NP(=O)(c1ccccc1)c1ccccc1)c1ccc(Cl)cc1. The summed E-state index contributed by atoms with van der Waals surface area (Å²) in [5.74, 6) is 0. The third-order valence-corrected chi connectivity index (χ3v) is 7.04. The first-order chi connectivity index (χ1) is 11.6. The van der Waals surface area contributed by atoms with Gasteiger partial charge >= 0.3 is 0 Å². The Morgan fingerprint density at radius 1 is 0.792 bits per heavy atom. The summed E-state index contributed by atoms with van der Waals surface area (Å²) in [7, 11) is -2.94. The molecule has 0 heterocycles. The molecule has 0 aromatic heterocycles. The molecule has 122 valence electrons. The topological polar surface area (TPSA) is 29.1 Å². The number of benzene rings is 3. The third kappa shape index (κ3) is 3.62. The van der Waals surface area contributed by atoms with E-state index in [1.165, 1.54) is 0 Å². The molecular weight excluding hydrogens is 337 g/mol. The Bertz CT molecular complexity index is 791. The Labute approximate surface area is 147 Å². The molecule has 0 spiro atoms. The first-order valence-electron chi connectivity index (χ1n) is 7.84. The largest absolute Gasteiger partial charge is 0.297 e. The van der Waals surface area contributed by atoms with Crippen molar-refractivity contribution >= 4 is 29.5 Å². The van der Waals surface area contributed by atoms with Gasteiger partial charge in [0.1, 0.15) is 0 Å². The molecule has 0 aliphatic rings. The average molecular weight is 356 g/mol. The second-order valence-corrected chi connectivity index (χ2v) is 8.63. The zero-order chi connectivity index (χ0) is 17.0. The summed E-state index contributed by atoms with van der Waals surface area (Å²) in [6, 6.07) is 26.7. The van der Waals surface area contributed by atoms with Crippen LogP contribution in [0.3, 0.4) is 0 Å². The highest BCUT2D eigenvalue weighted by Crippen LogP contribution is 2.41. The number of rotatable bonds is 5. The van der Waals surface area contributed by atoms with Gasteiger partial charge in [-0.25, -0.2) is 0 Å². The zero-order valence-electron chi connectivity index (χ0n) is 13.4. The Hall–Kier alpha value is -1.86. The van der Waals surface area contributed by atoms with Gasteiger partial charge in [-0.05, 0) is 48.9 Å². The third-order valence-electron chi connectivity index (χ3n) is 3.99. The van der Waals surface area contributed by atoms with Crippen molar-refractivity contribution in [3.8, 4) is 0 Å². The molecule has 0 radical (unpaired) electrons. The van der Waals surface area contributed by atoms with Crippen molar-refractivity contribution in [2.75, 3.05) is 0 Å². The van der Waals surface area contributed by atoms with Crippen LogP contribution in [0.5, 0.6) is 0 Å². The van der Waals surface area contributed by atoms with Gasteiger partial charge in [-0.3, -0.25) is 9.65 Å².